The van der Waals surface area contributed by atoms with Crippen molar-refractivity contribution in [3.63, 3.8) is 0 Å². The molecule has 1 aliphatic rings. The first-order valence-electron chi connectivity index (χ1n) is 7.15. The fourth-order valence-electron chi connectivity index (χ4n) is 2.78. The molecule has 108 valence electrons. The molecular formula is C18H18BrNS. The van der Waals surface area contributed by atoms with Crippen LogP contribution in [0.4, 0.5) is 5.69 Å². The van der Waals surface area contributed by atoms with Crippen LogP contribution in [0.3, 0.4) is 0 Å². The minimum absolute atomic E-state index is 0.415. The Labute approximate surface area is 139 Å². The predicted octanol–water partition coefficient (Wildman–Crippen LogP) is 5.83. The molecule has 0 radical (unpaired) electrons. The van der Waals surface area contributed by atoms with E-state index in [1.165, 1.54) is 26.2 Å². The van der Waals surface area contributed by atoms with Crippen molar-refractivity contribution in [1.82, 2.24) is 0 Å². The molecule has 1 nitrogen and oxygen atoms in total. The Morgan fingerprint density at radius 1 is 1.29 bits per heavy atom. The maximum absolute atomic E-state index is 3.80. The lowest BCUT2D eigenvalue weighted by Crippen LogP contribution is -2.07. The van der Waals surface area contributed by atoms with Crippen LogP contribution in [0.25, 0.3) is 0 Å². The number of nitrogens with one attached hydrogen (secondary N) is 1. The fraction of sp³-hybridized carbons (Fsp3) is 0.222. The second-order valence-corrected chi connectivity index (χ2v) is 7.15. The Balaban J connectivity index is 1.81. The molecule has 1 aliphatic carbocycles. The topological polar surface area (TPSA) is 12.0 Å². The first-order chi connectivity index (χ1) is 10.3. The zero-order valence-corrected chi connectivity index (χ0v) is 14.2. The molecule has 0 fully saturated rings. The molecule has 0 heterocycles. The number of rotatable bonds is 5. The van der Waals surface area contributed by atoms with E-state index >= 15 is 0 Å². The van der Waals surface area contributed by atoms with Gasteiger partial charge in [-0.25, -0.2) is 0 Å². The number of hydrogen-bond donors (Lipinski definition) is 1. The normalized spacial score (nSPS) is 16.5. The van der Waals surface area contributed by atoms with Crippen LogP contribution >= 0.6 is 27.7 Å². The van der Waals surface area contributed by atoms with Crippen molar-refractivity contribution in [2.75, 3.05) is 11.1 Å². The van der Waals surface area contributed by atoms with Crippen LogP contribution in [0.1, 0.15) is 23.6 Å². The molecule has 3 rings (SSSR count). The molecular weight excluding hydrogens is 342 g/mol. The van der Waals surface area contributed by atoms with Crippen LogP contribution < -0.4 is 5.32 Å². The predicted molar refractivity (Wildman–Crippen MR) is 96.2 cm³/mol. The van der Waals surface area contributed by atoms with Gasteiger partial charge in [0.2, 0.25) is 0 Å². The van der Waals surface area contributed by atoms with Crippen LogP contribution in [0, 0.1) is 0 Å². The van der Waals surface area contributed by atoms with Gasteiger partial charge in [0.05, 0.1) is 6.04 Å². The van der Waals surface area contributed by atoms with E-state index in [0.29, 0.717) is 6.04 Å². The van der Waals surface area contributed by atoms with E-state index in [2.05, 4.69) is 70.3 Å². The summed E-state index contributed by atoms with van der Waals surface area (Å²) in [5.74, 6) is 0.937. The molecule has 21 heavy (non-hydrogen) atoms. The fourth-order valence-corrected chi connectivity index (χ4v) is 3.95. The third-order valence-electron chi connectivity index (χ3n) is 3.76. The average Bonchev–Trinajstić information content (AvgIpc) is 2.88. The van der Waals surface area contributed by atoms with Gasteiger partial charge in [-0.2, -0.15) is 0 Å². The van der Waals surface area contributed by atoms with E-state index in [9.17, 15) is 0 Å². The van der Waals surface area contributed by atoms with Gasteiger partial charge in [0, 0.05) is 20.8 Å². The second kappa shape index (κ2) is 6.71. The molecule has 0 aliphatic heterocycles. The summed E-state index contributed by atoms with van der Waals surface area (Å²) in [7, 11) is 0. The highest BCUT2D eigenvalue weighted by molar-refractivity contribution is 9.10. The van der Waals surface area contributed by atoms with Crippen molar-refractivity contribution in [3.8, 4) is 0 Å². The molecule has 0 aromatic heterocycles. The number of benzene rings is 2. The Bertz CT molecular complexity index is 653. The third kappa shape index (κ3) is 3.35. The molecule has 1 N–H and O–H groups in total. The Kier molecular flexibility index (Phi) is 4.71. The highest BCUT2D eigenvalue weighted by Crippen LogP contribution is 2.37. The van der Waals surface area contributed by atoms with Crippen LogP contribution in [0.2, 0.25) is 0 Å². The molecule has 2 aromatic carbocycles. The first kappa shape index (κ1) is 14.7. The Hall–Kier alpha value is -1.19. The maximum atomic E-state index is 3.80. The smallest absolute Gasteiger partial charge is 0.0520 e. The number of hydrogen-bond acceptors (Lipinski definition) is 2. The van der Waals surface area contributed by atoms with Crippen molar-refractivity contribution in [2.45, 2.75) is 23.8 Å². The van der Waals surface area contributed by atoms with E-state index in [1.807, 2.05) is 17.8 Å². The molecule has 0 saturated carbocycles. The molecule has 1 atom stereocenters. The lowest BCUT2D eigenvalue weighted by molar-refractivity contribution is 0.759. The van der Waals surface area contributed by atoms with Crippen LogP contribution in [-0.2, 0) is 6.42 Å². The lowest BCUT2D eigenvalue weighted by atomic mass is 10.1. The van der Waals surface area contributed by atoms with E-state index in [-0.39, 0.29) is 0 Å². The van der Waals surface area contributed by atoms with Gasteiger partial charge in [0.1, 0.15) is 0 Å². The summed E-state index contributed by atoms with van der Waals surface area (Å²) in [6.45, 7) is 3.80. The minimum atomic E-state index is 0.415. The monoisotopic (exact) mass is 359 g/mol. The zero-order valence-electron chi connectivity index (χ0n) is 11.8. The van der Waals surface area contributed by atoms with E-state index < -0.39 is 0 Å². The van der Waals surface area contributed by atoms with Gasteiger partial charge in [-0.3, -0.25) is 0 Å². The highest BCUT2D eigenvalue weighted by Gasteiger charge is 2.22. The Morgan fingerprint density at radius 3 is 3.00 bits per heavy atom. The summed E-state index contributed by atoms with van der Waals surface area (Å²) >= 11 is 5.38. The summed E-state index contributed by atoms with van der Waals surface area (Å²) in [4.78, 5) is 1.29. The van der Waals surface area contributed by atoms with Gasteiger partial charge in [0.15, 0.2) is 0 Å². The second-order valence-electron chi connectivity index (χ2n) is 5.17. The molecule has 1 unspecified atom stereocenters. The molecule has 0 saturated heterocycles. The van der Waals surface area contributed by atoms with Gasteiger partial charge in [-0.15, -0.1) is 18.3 Å². The third-order valence-corrected chi connectivity index (χ3v) is 5.32. The van der Waals surface area contributed by atoms with Crippen molar-refractivity contribution in [1.29, 1.82) is 0 Å². The molecule has 0 amide bonds. The lowest BCUT2D eigenvalue weighted by Gasteiger charge is -2.18. The molecule has 2 aromatic rings. The number of para-hydroxylation sites is 1. The van der Waals surface area contributed by atoms with E-state index in [4.69, 9.17) is 0 Å². The summed E-state index contributed by atoms with van der Waals surface area (Å²) in [5.41, 5.74) is 4.12. The number of fused-ring (bicyclic) bond motifs is 1. The summed E-state index contributed by atoms with van der Waals surface area (Å²) in [6.07, 6.45) is 4.25. The molecule has 0 bridgehead atoms. The summed E-state index contributed by atoms with van der Waals surface area (Å²) < 4.78 is 1.17. The van der Waals surface area contributed by atoms with E-state index in [0.717, 1.165) is 18.6 Å². The number of aryl methyl sites for hydroxylation is 1. The molecule has 3 heteroatoms. The highest BCUT2D eigenvalue weighted by atomic mass is 79.9. The average molecular weight is 360 g/mol. The maximum Gasteiger partial charge on any atom is 0.0520 e. The van der Waals surface area contributed by atoms with Gasteiger partial charge in [0.25, 0.3) is 0 Å². The van der Waals surface area contributed by atoms with Crippen LogP contribution in [-0.4, -0.2) is 5.75 Å². The summed E-state index contributed by atoms with van der Waals surface area (Å²) in [5, 5.41) is 3.72. The first-order valence-corrected chi connectivity index (χ1v) is 8.93. The molecule has 0 spiro atoms. The number of halogens is 1. The quantitative estimate of drug-likeness (QED) is 0.532. The summed E-state index contributed by atoms with van der Waals surface area (Å²) in [6, 6.07) is 15.6. The zero-order chi connectivity index (χ0) is 14.7. The number of anilines is 1. The van der Waals surface area contributed by atoms with Crippen molar-refractivity contribution in [3.05, 3.63) is 70.7 Å². The van der Waals surface area contributed by atoms with E-state index in [1.54, 1.807) is 0 Å². The minimum Gasteiger partial charge on any atom is -0.377 e. The SMILES string of the molecule is C=CCSc1ccccc1NC1CCc2cc(Br)ccc21. The van der Waals surface area contributed by atoms with Crippen LogP contribution in [0.15, 0.2) is 64.5 Å². The van der Waals surface area contributed by atoms with Crippen molar-refractivity contribution >= 4 is 33.4 Å². The standard InChI is InChI=1S/C18H18BrNS/c1-2-11-21-18-6-4-3-5-17(18)20-16-10-7-13-12-14(19)8-9-15(13)16/h2-6,8-9,12,16,20H,1,7,10-11H2. The van der Waals surface area contributed by atoms with Crippen molar-refractivity contribution in [2.24, 2.45) is 0 Å². The van der Waals surface area contributed by atoms with Crippen molar-refractivity contribution < 1.29 is 0 Å². The Morgan fingerprint density at radius 2 is 2.14 bits per heavy atom. The van der Waals surface area contributed by atoms with Gasteiger partial charge in [-0.1, -0.05) is 40.2 Å². The van der Waals surface area contributed by atoms with Gasteiger partial charge >= 0.3 is 0 Å². The van der Waals surface area contributed by atoms with Crippen LogP contribution in [0.5, 0.6) is 0 Å². The largest absolute Gasteiger partial charge is 0.377 e. The number of thioether (sulfide) groups is 1. The van der Waals surface area contributed by atoms with Gasteiger partial charge in [-0.05, 0) is 48.2 Å². The van der Waals surface area contributed by atoms with Gasteiger partial charge < -0.3 is 5.32 Å².